The highest BCUT2D eigenvalue weighted by atomic mass is 32.2. The van der Waals surface area contributed by atoms with Crippen molar-refractivity contribution in [2.24, 2.45) is 10.9 Å². The van der Waals surface area contributed by atoms with Crippen LogP contribution in [-0.2, 0) is 0 Å². The summed E-state index contributed by atoms with van der Waals surface area (Å²) in [7, 11) is 0. The summed E-state index contributed by atoms with van der Waals surface area (Å²) in [5, 5.41) is 12.5. The lowest BCUT2D eigenvalue weighted by molar-refractivity contribution is -0.199. The van der Waals surface area contributed by atoms with Crippen LogP contribution in [0.4, 0.5) is 13.2 Å². The quantitative estimate of drug-likeness (QED) is 0.612. The van der Waals surface area contributed by atoms with E-state index in [1.807, 2.05) is 23.6 Å². The molecule has 0 amide bonds. The number of nitrogens with one attached hydrogen (secondary N) is 1. The normalized spacial score (nSPS) is 22.6. The number of halogens is 3. The van der Waals surface area contributed by atoms with Crippen molar-refractivity contribution >= 4 is 17.7 Å². The van der Waals surface area contributed by atoms with Gasteiger partial charge in [0.1, 0.15) is 0 Å². The zero-order chi connectivity index (χ0) is 16.0. The topological polar surface area (TPSA) is 47.9 Å². The van der Waals surface area contributed by atoms with Crippen LogP contribution >= 0.6 is 11.8 Å². The molecule has 4 nitrogen and oxygen atoms in total. The molecule has 0 bridgehead atoms. The van der Waals surface area contributed by atoms with Gasteiger partial charge in [-0.3, -0.25) is 4.99 Å². The van der Waals surface area contributed by atoms with Crippen molar-refractivity contribution in [2.45, 2.75) is 38.3 Å². The molecule has 21 heavy (non-hydrogen) atoms. The van der Waals surface area contributed by atoms with E-state index in [0.29, 0.717) is 23.7 Å². The van der Waals surface area contributed by atoms with E-state index < -0.39 is 18.8 Å². The molecule has 0 aromatic heterocycles. The summed E-state index contributed by atoms with van der Waals surface area (Å²) in [6.45, 7) is 7.57. The molecule has 1 rings (SSSR count). The SMILES string of the molecule is CCNC(=NCC(O)C(F)(F)F)N1CCSC(C(C)C)C1. The van der Waals surface area contributed by atoms with Gasteiger partial charge in [-0.15, -0.1) is 0 Å². The zero-order valence-electron chi connectivity index (χ0n) is 12.7. The van der Waals surface area contributed by atoms with E-state index in [2.05, 4.69) is 24.2 Å². The summed E-state index contributed by atoms with van der Waals surface area (Å²) in [6, 6.07) is 0. The maximum atomic E-state index is 12.3. The smallest absolute Gasteiger partial charge is 0.382 e. The maximum Gasteiger partial charge on any atom is 0.416 e. The average Bonchev–Trinajstić information content (AvgIpc) is 2.42. The molecule has 0 aliphatic carbocycles. The fourth-order valence-electron chi connectivity index (χ4n) is 1.97. The monoisotopic (exact) mass is 327 g/mol. The molecule has 0 aromatic carbocycles. The first kappa shape index (κ1) is 18.4. The summed E-state index contributed by atoms with van der Waals surface area (Å²) >= 11 is 1.89. The Morgan fingerprint density at radius 3 is 2.67 bits per heavy atom. The molecule has 2 unspecified atom stereocenters. The summed E-state index contributed by atoms with van der Waals surface area (Å²) < 4.78 is 37.0. The van der Waals surface area contributed by atoms with Crippen LogP contribution in [0.3, 0.4) is 0 Å². The molecule has 0 radical (unpaired) electrons. The minimum atomic E-state index is -4.63. The standard InChI is InChI=1S/C13H24F3N3OS/c1-4-17-12(18-7-11(20)13(14,15)16)19-5-6-21-10(8-19)9(2)3/h9-11,20H,4-8H2,1-3H3,(H,17,18). The summed E-state index contributed by atoms with van der Waals surface area (Å²) in [4.78, 5) is 5.93. The van der Waals surface area contributed by atoms with Crippen LogP contribution in [0.25, 0.3) is 0 Å². The highest BCUT2D eigenvalue weighted by molar-refractivity contribution is 8.00. The Morgan fingerprint density at radius 1 is 1.48 bits per heavy atom. The number of hydrogen-bond donors (Lipinski definition) is 2. The second-order valence-electron chi connectivity index (χ2n) is 5.35. The number of hydrogen-bond acceptors (Lipinski definition) is 3. The Labute approximate surface area is 128 Å². The van der Waals surface area contributed by atoms with E-state index >= 15 is 0 Å². The number of aliphatic hydroxyl groups excluding tert-OH is 1. The number of aliphatic imine (C=N–C) groups is 1. The summed E-state index contributed by atoms with van der Waals surface area (Å²) in [5.41, 5.74) is 0. The Kier molecular flexibility index (Phi) is 7.12. The molecule has 1 saturated heterocycles. The lowest BCUT2D eigenvalue weighted by Crippen LogP contribution is -2.49. The van der Waals surface area contributed by atoms with Gasteiger partial charge in [0.2, 0.25) is 0 Å². The fraction of sp³-hybridized carbons (Fsp3) is 0.923. The minimum Gasteiger partial charge on any atom is -0.382 e. The second-order valence-corrected chi connectivity index (χ2v) is 6.70. The van der Waals surface area contributed by atoms with E-state index in [0.717, 1.165) is 18.8 Å². The molecular formula is C13H24F3N3OS. The van der Waals surface area contributed by atoms with E-state index in [1.54, 1.807) is 0 Å². The van der Waals surface area contributed by atoms with Crippen LogP contribution in [0.5, 0.6) is 0 Å². The van der Waals surface area contributed by atoms with Crippen LogP contribution in [0.2, 0.25) is 0 Å². The van der Waals surface area contributed by atoms with Gasteiger partial charge in [-0.1, -0.05) is 13.8 Å². The van der Waals surface area contributed by atoms with Gasteiger partial charge in [-0.2, -0.15) is 24.9 Å². The molecule has 2 N–H and O–H groups in total. The molecule has 1 aliphatic heterocycles. The van der Waals surface area contributed by atoms with E-state index in [4.69, 9.17) is 5.11 Å². The van der Waals surface area contributed by atoms with Crippen molar-refractivity contribution < 1.29 is 18.3 Å². The first-order valence-corrected chi connectivity index (χ1v) is 8.20. The Balaban J connectivity index is 2.71. The first-order valence-electron chi connectivity index (χ1n) is 7.15. The predicted octanol–water partition coefficient (Wildman–Crippen LogP) is 1.95. The predicted molar refractivity (Wildman–Crippen MR) is 80.7 cm³/mol. The number of rotatable bonds is 4. The second kappa shape index (κ2) is 8.12. The van der Waals surface area contributed by atoms with Crippen molar-refractivity contribution in [1.29, 1.82) is 0 Å². The molecule has 2 atom stereocenters. The molecule has 1 fully saturated rings. The van der Waals surface area contributed by atoms with E-state index in [1.165, 1.54) is 0 Å². The van der Waals surface area contributed by atoms with Gasteiger partial charge >= 0.3 is 6.18 Å². The van der Waals surface area contributed by atoms with Gasteiger partial charge in [0, 0.05) is 30.6 Å². The molecule has 1 heterocycles. The zero-order valence-corrected chi connectivity index (χ0v) is 13.5. The molecule has 0 spiro atoms. The van der Waals surface area contributed by atoms with Gasteiger partial charge in [-0.05, 0) is 12.8 Å². The van der Waals surface area contributed by atoms with Crippen molar-refractivity contribution in [3.8, 4) is 0 Å². The fourth-order valence-corrected chi connectivity index (χ4v) is 3.27. The van der Waals surface area contributed by atoms with Gasteiger partial charge in [0.25, 0.3) is 0 Å². The van der Waals surface area contributed by atoms with Gasteiger partial charge in [-0.25, -0.2) is 0 Å². The molecule has 1 aliphatic rings. The third kappa shape index (κ3) is 5.94. The molecular weight excluding hydrogens is 303 g/mol. The largest absolute Gasteiger partial charge is 0.416 e. The highest BCUT2D eigenvalue weighted by Gasteiger charge is 2.38. The van der Waals surface area contributed by atoms with Gasteiger partial charge in [0.15, 0.2) is 12.1 Å². The number of guanidine groups is 1. The van der Waals surface area contributed by atoms with Crippen molar-refractivity contribution in [3.63, 3.8) is 0 Å². The molecule has 124 valence electrons. The average molecular weight is 327 g/mol. The summed E-state index contributed by atoms with van der Waals surface area (Å²) in [5.74, 6) is 1.88. The molecule has 0 saturated carbocycles. The maximum absolute atomic E-state index is 12.3. The Morgan fingerprint density at radius 2 is 2.14 bits per heavy atom. The van der Waals surface area contributed by atoms with Crippen LogP contribution < -0.4 is 5.32 Å². The van der Waals surface area contributed by atoms with Crippen LogP contribution in [-0.4, -0.2) is 65.4 Å². The van der Waals surface area contributed by atoms with Crippen LogP contribution in [0, 0.1) is 5.92 Å². The number of alkyl halides is 3. The van der Waals surface area contributed by atoms with Crippen molar-refractivity contribution in [1.82, 2.24) is 10.2 Å². The minimum absolute atomic E-state index is 0.440. The van der Waals surface area contributed by atoms with E-state index in [-0.39, 0.29) is 0 Å². The Hall–Kier alpha value is -0.630. The van der Waals surface area contributed by atoms with E-state index in [9.17, 15) is 13.2 Å². The van der Waals surface area contributed by atoms with Gasteiger partial charge in [0.05, 0.1) is 6.54 Å². The number of thioether (sulfide) groups is 1. The lowest BCUT2D eigenvalue weighted by atomic mass is 10.1. The van der Waals surface area contributed by atoms with Gasteiger partial charge < -0.3 is 15.3 Å². The number of aliphatic hydroxyl groups is 1. The first-order chi connectivity index (χ1) is 9.75. The molecule has 8 heteroatoms. The van der Waals surface area contributed by atoms with Crippen LogP contribution in [0.1, 0.15) is 20.8 Å². The Bertz CT molecular complexity index is 350. The molecule has 0 aromatic rings. The summed E-state index contributed by atoms with van der Waals surface area (Å²) in [6.07, 6.45) is -7.04. The highest BCUT2D eigenvalue weighted by Crippen LogP contribution is 2.25. The van der Waals surface area contributed by atoms with Crippen LogP contribution in [0.15, 0.2) is 4.99 Å². The third-order valence-corrected chi connectivity index (χ3v) is 4.80. The lowest BCUT2D eigenvalue weighted by Gasteiger charge is -2.36. The van der Waals surface area contributed by atoms with Crippen molar-refractivity contribution in [2.75, 3.05) is 31.9 Å². The third-order valence-electron chi connectivity index (χ3n) is 3.26. The van der Waals surface area contributed by atoms with Crippen molar-refractivity contribution in [3.05, 3.63) is 0 Å². The number of nitrogens with zero attached hydrogens (tertiary/aromatic N) is 2.